The minimum absolute atomic E-state index is 0. The summed E-state index contributed by atoms with van der Waals surface area (Å²) in [6.45, 7) is 12.3. The SMILES string of the molecule is CN=C(NCCc1csc(N2CCCC2)n1)NC(C)CCC(C)(C)C.I. The first-order valence-corrected chi connectivity index (χ1v) is 10.4. The second kappa shape index (κ2) is 11.3. The molecule has 5 nitrogen and oxygen atoms in total. The van der Waals surface area contributed by atoms with Crippen molar-refractivity contribution in [3.05, 3.63) is 11.1 Å². The molecule has 1 unspecified atom stereocenters. The van der Waals surface area contributed by atoms with E-state index in [4.69, 9.17) is 4.98 Å². The predicted molar refractivity (Wildman–Crippen MR) is 125 cm³/mol. The summed E-state index contributed by atoms with van der Waals surface area (Å²) in [5.74, 6) is 0.886. The number of nitrogens with one attached hydrogen (secondary N) is 2. The summed E-state index contributed by atoms with van der Waals surface area (Å²) in [5.41, 5.74) is 1.56. The maximum Gasteiger partial charge on any atom is 0.191 e. The Bertz CT molecular complexity index is 546. The first-order chi connectivity index (χ1) is 11.9. The van der Waals surface area contributed by atoms with E-state index in [9.17, 15) is 0 Å². The van der Waals surface area contributed by atoms with Crippen molar-refractivity contribution >= 4 is 46.4 Å². The van der Waals surface area contributed by atoms with Crippen LogP contribution in [0.3, 0.4) is 0 Å². The topological polar surface area (TPSA) is 52.6 Å². The molecule has 7 heteroatoms. The van der Waals surface area contributed by atoms with Crippen molar-refractivity contribution in [1.82, 2.24) is 15.6 Å². The van der Waals surface area contributed by atoms with Crippen LogP contribution in [0.1, 0.15) is 59.1 Å². The molecule has 26 heavy (non-hydrogen) atoms. The lowest BCUT2D eigenvalue weighted by Crippen LogP contribution is -2.43. The van der Waals surface area contributed by atoms with Crippen molar-refractivity contribution in [2.75, 3.05) is 31.6 Å². The molecule has 0 radical (unpaired) electrons. The van der Waals surface area contributed by atoms with E-state index in [0.29, 0.717) is 11.5 Å². The molecular weight excluding hydrogens is 457 g/mol. The average molecular weight is 494 g/mol. The first-order valence-electron chi connectivity index (χ1n) is 9.54. The fraction of sp³-hybridized carbons (Fsp3) is 0.789. The Labute approximate surface area is 180 Å². The van der Waals surface area contributed by atoms with Crippen LogP contribution in [0, 0.1) is 5.41 Å². The van der Waals surface area contributed by atoms with Crippen LogP contribution >= 0.6 is 35.3 Å². The molecule has 0 spiro atoms. The third-order valence-corrected chi connectivity index (χ3v) is 5.47. The smallest absolute Gasteiger partial charge is 0.191 e. The lowest BCUT2D eigenvalue weighted by atomic mass is 9.89. The third-order valence-electron chi connectivity index (χ3n) is 4.52. The Morgan fingerprint density at radius 2 is 2.04 bits per heavy atom. The molecule has 0 bridgehead atoms. The van der Waals surface area contributed by atoms with Gasteiger partial charge in [-0.25, -0.2) is 4.98 Å². The number of hydrogen-bond acceptors (Lipinski definition) is 4. The van der Waals surface area contributed by atoms with Gasteiger partial charge in [0, 0.05) is 44.5 Å². The maximum atomic E-state index is 4.78. The molecule has 0 aliphatic carbocycles. The number of nitrogens with zero attached hydrogens (tertiary/aromatic N) is 3. The Hall–Kier alpha value is -0.570. The van der Waals surface area contributed by atoms with Gasteiger partial charge in [-0.15, -0.1) is 35.3 Å². The van der Waals surface area contributed by atoms with E-state index in [1.165, 1.54) is 30.1 Å². The number of aliphatic imine (C=N–C) groups is 1. The van der Waals surface area contributed by atoms with Gasteiger partial charge < -0.3 is 15.5 Å². The molecular formula is C19H36IN5S. The summed E-state index contributed by atoms with van der Waals surface area (Å²) in [5, 5.41) is 10.3. The summed E-state index contributed by atoms with van der Waals surface area (Å²) in [7, 11) is 1.83. The highest BCUT2D eigenvalue weighted by molar-refractivity contribution is 14.0. The summed E-state index contributed by atoms with van der Waals surface area (Å²) >= 11 is 1.77. The highest BCUT2D eigenvalue weighted by Gasteiger charge is 2.16. The highest BCUT2D eigenvalue weighted by Crippen LogP contribution is 2.24. The van der Waals surface area contributed by atoms with Crippen LogP contribution in [-0.2, 0) is 6.42 Å². The van der Waals surface area contributed by atoms with E-state index in [-0.39, 0.29) is 24.0 Å². The Morgan fingerprint density at radius 3 is 2.65 bits per heavy atom. The molecule has 2 rings (SSSR count). The van der Waals surface area contributed by atoms with Gasteiger partial charge in [-0.2, -0.15) is 0 Å². The summed E-state index contributed by atoms with van der Waals surface area (Å²) < 4.78 is 0. The molecule has 1 aromatic heterocycles. The van der Waals surface area contributed by atoms with Crippen LogP contribution in [0.4, 0.5) is 5.13 Å². The van der Waals surface area contributed by atoms with Crippen molar-refractivity contribution < 1.29 is 0 Å². The molecule has 0 amide bonds. The number of aromatic nitrogens is 1. The summed E-state index contributed by atoms with van der Waals surface area (Å²) in [6, 6.07) is 0.423. The maximum absolute atomic E-state index is 4.78. The van der Waals surface area contributed by atoms with E-state index in [1.54, 1.807) is 11.3 Å². The van der Waals surface area contributed by atoms with Crippen LogP contribution in [0.15, 0.2) is 10.4 Å². The van der Waals surface area contributed by atoms with Crippen molar-refractivity contribution in [3.63, 3.8) is 0 Å². The zero-order chi connectivity index (χ0) is 18.3. The molecule has 0 saturated carbocycles. The number of thiazole rings is 1. The van der Waals surface area contributed by atoms with E-state index >= 15 is 0 Å². The van der Waals surface area contributed by atoms with E-state index in [1.807, 2.05) is 7.05 Å². The molecule has 1 saturated heterocycles. The fourth-order valence-electron chi connectivity index (χ4n) is 2.92. The Balaban J connectivity index is 0.00000338. The molecule has 2 N–H and O–H groups in total. The van der Waals surface area contributed by atoms with E-state index in [2.05, 4.69) is 53.6 Å². The van der Waals surface area contributed by atoms with Gasteiger partial charge in [0.1, 0.15) is 0 Å². The highest BCUT2D eigenvalue weighted by atomic mass is 127. The number of halogens is 1. The molecule has 1 fully saturated rings. The normalized spacial score (nSPS) is 16.3. The molecule has 1 atom stereocenters. The molecule has 2 heterocycles. The van der Waals surface area contributed by atoms with Crippen molar-refractivity contribution in [3.8, 4) is 0 Å². The average Bonchev–Trinajstić information content (AvgIpc) is 3.22. The Kier molecular flexibility index (Phi) is 10.2. The van der Waals surface area contributed by atoms with Gasteiger partial charge in [-0.1, -0.05) is 20.8 Å². The van der Waals surface area contributed by atoms with E-state index < -0.39 is 0 Å². The van der Waals surface area contributed by atoms with Gasteiger partial charge in [-0.05, 0) is 38.0 Å². The van der Waals surface area contributed by atoms with Gasteiger partial charge >= 0.3 is 0 Å². The Morgan fingerprint density at radius 1 is 1.35 bits per heavy atom. The summed E-state index contributed by atoms with van der Waals surface area (Å²) in [6.07, 6.45) is 5.88. The predicted octanol–water partition coefficient (Wildman–Crippen LogP) is 4.28. The van der Waals surface area contributed by atoms with Gasteiger partial charge in [0.25, 0.3) is 0 Å². The van der Waals surface area contributed by atoms with Crippen LogP contribution in [0.2, 0.25) is 0 Å². The van der Waals surface area contributed by atoms with Crippen LogP contribution in [-0.4, -0.2) is 43.7 Å². The second-order valence-corrected chi connectivity index (χ2v) is 9.05. The largest absolute Gasteiger partial charge is 0.356 e. The fourth-order valence-corrected chi connectivity index (χ4v) is 3.84. The van der Waals surface area contributed by atoms with Crippen molar-refractivity contribution in [1.29, 1.82) is 0 Å². The van der Waals surface area contributed by atoms with Crippen LogP contribution < -0.4 is 15.5 Å². The first kappa shape index (κ1) is 23.5. The molecule has 0 aromatic carbocycles. The molecule has 150 valence electrons. The number of guanidine groups is 1. The minimum atomic E-state index is 0. The lowest BCUT2D eigenvalue weighted by Gasteiger charge is -2.23. The summed E-state index contributed by atoms with van der Waals surface area (Å²) in [4.78, 5) is 11.5. The standard InChI is InChI=1S/C19H35N5S.HI/c1-15(8-10-19(2,3)4)22-17(20-5)21-11-9-16-14-25-18(23-16)24-12-6-7-13-24;/h14-15H,6-13H2,1-5H3,(H2,20,21,22);1H. The quantitative estimate of drug-likeness (QED) is 0.338. The molecule has 1 aliphatic heterocycles. The van der Waals surface area contributed by atoms with Gasteiger partial charge in [0.2, 0.25) is 0 Å². The van der Waals surface area contributed by atoms with Gasteiger partial charge in [-0.3, -0.25) is 4.99 Å². The lowest BCUT2D eigenvalue weighted by molar-refractivity contribution is 0.346. The number of hydrogen-bond donors (Lipinski definition) is 2. The third kappa shape index (κ3) is 8.41. The molecule has 1 aliphatic rings. The van der Waals surface area contributed by atoms with Crippen molar-refractivity contribution in [2.24, 2.45) is 10.4 Å². The minimum Gasteiger partial charge on any atom is -0.356 e. The second-order valence-electron chi connectivity index (χ2n) is 8.21. The molecule has 1 aromatic rings. The van der Waals surface area contributed by atoms with Gasteiger partial charge in [0.15, 0.2) is 11.1 Å². The number of rotatable bonds is 7. The van der Waals surface area contributed by atoms with Crippen LogP contribution in [0.25, 0.3) is 0 Å². The van der Waals surface area contributed by atoms with Gasteiger partial charge in [0.05, 0.1) is 5.69 Å². The number of anilines is 1. The zero-order valence-electron chi connectivity index (χ0n) is 17.0. The van der Waals surface area contributed by atoms with Crippen molar-refractivity contribution in [2.45, 2.75) is 65.8 Å². The van der Waals surface area contributed by atoms with E-state index in [0.717, 1.165) is 38.4 Å². The zero-order valence-corrected chi connectivity index (χ0v) is 20.1. The van der Waals surface area contributed by atoms with Crippen LogP contribution in [0.5, 0.6) is 0 Å². The monoisotopic (exact) mass is 493 g/mol.